The van der Waals surface area contributed by atoms with E-state index in [1.807, 2.05) is 0 Å². The second-order valence-corrected chi connectivity index (χ2v) is 6.21. The minimum Gasteiger partial charge on any atom is -0.483 e. The van der Waals surface area contributed by atoms with Crippen LogP contribution in [0.1, 0.15) is 35.3 Å². The number of esters is 1. The van der Waals surface area contributed by atoms with E-state index in [2.05, 4.69) is 4.74 Å². The Morgan fingerprint density at radius 2 is 1.72 bits per heavy atom. The van der Waals surface area contributed by atoms with Crippen LogP contribution in [-0.2, 0) is 4.74 Å². The van der Waals surface area contributed by atoms with Crippen LogP contribution in [0.2, 0.25) is 0 Å². The van der Waals surface area contributed by atoms with Gasteiger partial charge in [-0.3, -0.25) is 0 Å². The summed E-state index contributed by atoms with van der Waals surface area (Å²) in [7, 11) is 1.23. The van der Waals surface area contributed by atoms with Gasteiger partial charge in [0.2, 0.25) is 0 Å². The van der Waals surface area contributed by atoms with Crippen LogP contribution in [-0.4, -0.2) is 18.7 Å². The number of carbonyl (C=O) groups excluding carboxylic acids is 1. The molecule has 0 aromatic heterocycles. The summed E-state index contributed by atoms with van der Waals surface area (Å²) in [6, 6.07) is 5.71. The summed E-state index contributed by atoms with van der Waals surface area (Å²) in [6.07, 6.45) is 1.54. The molecular weight excluding hydrogens is 333 g/mol. The quantitative estimate of drug-likeness (QED) is 0.750. The van der Waals surface area contributed by atoms with Gasteiger partial charge in [0.15, 0.2) is 0 Å². The Kier molecular flexibility index (Phi) is 4.06. The first-order chi connectivity index (χ1) is 11.7. The molecule has 6 heteroatoms. The van der Waals surface area contributed by atoms with Crippen molar-refractivity contribution in [3.05, 3.63) is 70.5 Å². The van der Waals surface area contributed by atoms with E-state index < -0.39 is 29.0 Å². The van der Waals surface area contributed by atoms with Crippen LogP contribution in [0.4, 0.5) is 13.2 Å². The predicted octanol–water partition coefficient (Wildman–Crippen LogP) is 4.49. The fraction of sp³-hybridized carbons (Fsp3) is 0.211. The minimum absolute atomic E-state index is 0.187. The normalized spacial score (nSPS) is 15.0. The molecule has 0 unspecified atom stereocenters. The molecule has 0 saturated carbocycles. The standard InChI is InChI=1S/C19H15F3O3/c1-19(2)9-13(17-14(21)7-11(20)8-15(17)22)12-6-10(18(23)24-3)4-5-16(12)25-19/h4-9H,1-3H3. The van der Waals surface area contributed by atoms with E-state index in [1.54, 1.807) is 13.8 Å². The van der Waals surface area contributed by atoms with Gasteiger partial charge in [-0.25, -0.2) is 18.0 Å². The Morgan fingerprint density at radius 1 is 1.08 bits per heavy atom. The lowest BCUT2D eigenvalue weighted by Crippen LogP contribution is -2.29. The average molecular weight is 348 g/mol. The molecule has 3 nitrogen and oxygen atoms in total. The lowest BCUT2D eigenvalue weighted by molar-refractivity contribution is 0.0600. The molecule has 0 N–H and O–H groups in total. The topological polar surface area (TPSA) is 35.5 Å². The molecule has 25 heavy (non-hydrogen) atoms. The van der Waals surface area contributed by atoms with Gasteiger partial charge in [-0.15, -0.1) is 0 Å². The molecule has 0 bridgehead atoms. The van der Waals surface area contributed by atoms with E-state index in [1.165, 1.54) is 31.4 Å². The van der Waals surface area contributed by atoms with Gasteiger partial charge in [-0.2, -0.15) is 0 Å². The van der Waals surface area contributed by atoms with Crippen LogP contribution in [0, 0.1) is 17.5 Å². The van der Waals surface area contributed by atoms with Gasteiger partial charge in [0.1, 0.15) is 28.8 Å². The second kappa shape index (κ2) is 5.95. The van der Waals surface area contributed by atoms with Gasteiger partial charge >= 0.3 is 5.97 Å². The third-order valence-corrected chi connectivity index (χ3v) is 3.83. The summed E-state index contributed by atoms with van der Waals surface area (Å²) in [5.74, 6) is -3.30. The largest absolute Gasteiger partial charge is 0.483 e. The highest BCUT2D eigenvalue weighted by molar-refractivity contribution is 5.93. The lowest BCUT2D eigenvalue weighted by atomic mass is 9.88. The van der Waals surface area contributed by atoms with Crippen molar-refractivity contribution in [3.63, 3.8) is 0 Å². The highest BCUT2D eigenvalue weighted by Crippen LogP contribution is 2.41. The molecular formula is C19H15F3O3. The molecule has 130 valence electrons. The van der Waals surface area contributed by atoms with E-state index in [9.17, 15) is 18.0 Å². The molecule has 0 atom stereocenters. The smallest absolute Gasteiger partial charge is 0.337 e. The first kappa shape index (κ1) is 17.1. The van der Waals surface area contributed by atoms with E-state index in [0.717, 1.165) is 0 Å². The SMILES string of the molecule is COC(=O)c1ccc2c(c1)C(c1c(F)cc(F)cc1F)=CC(C)(C)O2. The number of hydrogen-bond donors (Lipinski definition) is 0. The van der Waals surface area contributed by atoms with Gasteiger partial charge < -0.3 is 9.47 Å². The summed E-state index contributed by atoms with van der Waals surface area (Å²) in [6.45, 7) is 3.45. The van der Waals surface area contributed by atoms with Crippen LogP contribution < -0.4 is 4.74 Å². The molecule has 0 amide bonds. The third kappa shape index (κ3) is 3.12. The highest BCUT2D eigenvalue weighted by Gasteiger charge is 2.30. The van der Waals surface area contributed by atoms with E-state index >= 15 is 0 Å². The van der Waals surface area contributed by atoms with Crippen molar-refractivity contribution in [2.45, 2.75) is 19.4 Å². The highest BCUT2D eigenvalue weighted by atomic mass is 19.1. The molecule has 2 aromatic carbocycles. The Labute approximate surface area is 142 Å². The molecule has 0 radical (unpaired) electrons. The first-order valence-electron chi connectivity index (χ1n) is 7.51. The molecule has 1 aliphatic heterocycles. The fourth-order valence-electron chi connectivity index (χ4n) is 2.82. The van der Waals surface area contributed by atoms with Crippen molar-refractivity contribution in [3.8, 4) is 5.75 Å². The third-order valence-electron chi connectivity index (χ3n) is 3.83. The van der Waals surface area contributed by atoms with E-state index in [0.29, 0.717) is 23.4 Å². The van der Waals surface area contributed by atoms with Gasteiger partial charge in [-0.05, 0) is 43.7 Å². The lowest BCUT2D eigenvalue weighted by Gasteiger charge is -2.31. The number of halogens is 3. The van der Waals surface area contributed by atoms with Crippen LogP contribution in [0.5, 0.6) is 5.75 Å². The maximum Gasteiger partial charge on any atom is 0.337 e. The minimum atomic E-state index is -1.03. The Bertz CT molecular complexity index is 878. The Balaban J connectivity index is 2.26. The number of methoxy groups -OCH3 is 1. The zero-order valence-corrected chi connectivity index (χ0v) is 13.8. The Morgan fingerprint density at radius 3 is 2.32 bits per heavy atom. The van der Waals surface area contributed by atoms with Gasteiger partial charge in [0, 0.05) is 17.7 Å². The van der Waals surface area contributed by atoms with Gasteiger partial charge in [-0.1, -0.05) is 0 Å². The number of ether oxygens (including phenoxy) is 2. The van der Waals surface area contributed by atoms with E-state index in [4.69, 9.17) is 4.74 Å². The number of fused-ring (bicyclic) bond motifs is 1. The van der Waals surface area contributed by atoms with Crippen molar-refractivity contribution < 1.29 is 27.4 Å². The molecule has 1 aliphatic rings. The molecule has 2 aromatic rings. The van der Waals surface area contributed by atoms with Gasteiger partial charge in [0.05, 0.1) is 18.2 Å². The molecule has 0 aliphatic carbocycles. The molecule has 0 fully saturated rings. The maximum atomic E-state index is 14.3. The van der Waals surface area contributed by atoms with Crippen molar-refractivity contribution in [1.29, 1.82) is 0 Å². The number of rotatable bonds is 2. The van der Waals surface area contributed by atoms with Crippen molar-refractivity contribution in [2.24, 2.45) is 0 Å². The molecule has 1 heterocycles. The van der Waals surface area contributed by atoms with Crippen LogP contribution in [0.15, 0.2) is 36.4 Å². The average Bonchev–Trinajstić information content (AvgIpc) is 2.51. The van der Waals surface area contributed by atoms with Crippen molar-refractivity contribution in [2.75, 3.05) is 7.11 Å². The van der Waals surface area contributed by atoms with Crippen molar-refractivity contribution in [1.82, 2.24) is 0 Å². The van der Waals surface area contributed by atoms with Gasteiger partial charge in [0.25, 0.3) is 0 Å². The fourth-order valence-corrected chi connectivity index (χ4v) is 2.82. The zero-order valence-electron chi connectivity index (χ0n) is 13.8. The summed E-state index contributed by atoms with van der Waals surface area (Å²) < 4.78 is 52.4. The molecule has 0 spiro atoms. The number of hydrogen-bond acceptors (Lipinski definition) is 3. The Hall–Kier alpha value is -2.76. The molecule has 0 saturated heterocycles. The van der Waals surface area contributed by atoms with Crippen LogP contribution in [0.3, 0.4) is 0 Å². The summed E-state index contributed by atoms with van der Waals surface area (Å²) in [5.41, 5.74) is -0.499. The second-order valence-electron chi connectivity index (χ2n) is 6.21. The van der Waals surface area contributed by atoms with Crippen LogP contribution in [0.25, 0.3) is 5.57 Å². The van der Waals surface area contributed by atoms with Crippen LogP contribution >= 0.6 is 0 Å². The number of benzene rings is 2. The molecule has 3 rings (SSSR count). The summed E-state index contributed by atoms with van der Waals surface area (Å²) in [4.78, 5) is 11.8. The maximum absolute atomic E-state index is 14.3. The summed E-state index contributed by atoms with van der Waals surface area (Å²) in [5, 5.41) is 0. The summed E-state index contributed by atoms with van der Waals surface area (Å²) >= 11 is 0. The predicted molar refractivity (Wildman–Crippen MR) is 85.9 cm³/mol. The zero-order chi connectivity index (χ0) is 18.4. The van der Waals surface area contributed by atoms with Crippen molar-refractivity contribution >= 4 is 11.5 Å². The number of carbonyl (C=O) groups is 1. The monoisotopic (exact) mass is 348 g/mol. The first-order valence-corrected chi connectivity index (χ1v) is 7.51. The van der Waals surface area contributed by atoms with E-state index in [-0.39, 0.29) is 16.7 Å².